The number of carbonyl (C=O) groups excluding carboxylic acids is 1. The van der Waals surface area contributed by atoms with Gasteiger partial charge in [0.25, 0.3) is 5.91 Å². The van der Waals surface area contributed by atoms with E-state index in [2.05, 4.69) is 5.10 Å². The number of carboxylic acids is 1. The van der Waals surface area contributed by atoms with E-state index in [1.54, 1.807) is 17.0 Å². The van der Waals surface area contributed by atoms with Crippen molar-refractivity contribution >= 4 is 29.0 Å². The van der Waals surface area contributed by atoms with Crippen LogP contribution in [0, 0.1) is 0 Å². The summed E-state index contributed by atoms with van der Waals surface area (Å²) in [6, 6.07) is 11.9. The lowest BCUT2D eigenvalue weighted by atomic mass is 10.1. The van der Waals surface area contributed by atoms with Gasteiger partial charge in [0, 0.05) is 6.54 Å². The number of carbonyl (C=O) groups is 2. The number of amides is 1. The molecule has 2 aromatic carbocycles. The maximum atomic E-state index is 13.6. The molecule has 1 amide bonds. The topological polar surface area (TPSA) is 82.4 Å². The molecule has 0 radical (unpaired) electrons. The van der Waals surface area contributed by atoms with Crippen molar-refractivity contribution in [1.82, 2.24) is 0 Å². The van der Waals surface area contributed by atoms with Crippen LogP contribution in [-0.2, 0) is 4.79 Å². The highest BCUT2D eigenvalue weighted by molar-refractivity contribution is 6.32. The first-order valence-electron chi connectivity index (χ1n) is 9.51. The Balaban J connectivity index is 1.70. The monoisotopic (exact) mass is 443 g/mol. The molecule has 164 valence electrons. The third-order valence-corrected chi connectivity index (χ3v) is 4.85. The number of fused-ring (bicyclic) bond motifs is 1. The van der Waals surface area contributed by atoms with Gasteiger partial charge in [-0.1, -0.05) is 12.1 Å². The van der Waals surface area contributed by atoms with Crippen molar-refractivity contribution in [3.8, 4) is 5.75 Å². The summed E-state index contributed by atoms with van der Waals surface area (Å²) in [5.41, 5.74) is -1.29. The molecule has 2 aliphatic heterocycles. The van der Waals surface area contributed by atoms with E-state index in [1.807, 2.05) is 19.1 Å². The Morgan fingerprint density at radius 3 is 2.44 bits per heavy atom. The van der Waals surface area contributed by atoms with Gasteiger partial charge in [-0.3, -0.25) is 4.79 Å². The Kier molecular flexibility index (Phi) is 5.21. The Labute approximate surface area is 180 Å². The van der Waals surface area contributed by atoms with E-state index in [4.69, 9.17) is 9.84 Å². The van der Waals surface area contributed by atoms with E-state index in [-0.39, 0.29) is 17.1 Å². The minimum Gasteiger partial charge on any atom is -0.478 e. The van der Waals surface area contributed by atoms with Crippen LogP contribution in [0.1, 0.15) is 17.3 Å². The fraction of sp³-hybridized carbons (Fsp3) is 0.136. The molecule has 4 rings (SSSR count). The third-order valence-electron chi connectivity index (χ3n) is 4.85. The van der Waals surface area contributed by atoms with Crippen LogP contribution in [0.5, 0.6) is 5.75 Å². The first-order valence-corrected chi connectivity index (χ1v) is 9.51. The number of para-hydroxylation sites is 2. The van der Waals surface area contributed by atoms with E-state index in [0.29, 0.717) is 17.3 Å². The van der Waals surface area contributed by atoms with Gasteiger partial charge >= 0.3 is 12.1 Å². The van der Waals surface area contributed by atoms with Crippen LogP contribution < -0.4 is 14.6 Å². The number of ether oxygens (including phenoxy) is 1. The van der Waals surface area contributed by atoms with E-state index < -0.39 is 29.3 Å². The second kappa shape index (κ2) is 7.88. The molecule has 0 spiro atoms. The fourth-order valence-electron chi connectivity index (χ4n) is 3.35. The third kappa shape index (κ3) is 3.70. The molecule has 2 aliphatic rings. The summed E-state index contributed by atoms with van der Waals surface area (Å²) in [6.07, 6.45) is -2.54. The smallest absolute Gasteiger partial charge is 0.435 e. The first-order chi connectivity index (χ1) is 15.2. The molecular weight excluding hydrogens is 427 g/mol. The zero-order valence-corrected chi connectivity index (χ0v) is 16.6. The zero-order chi connectivity index (χ0) is 23.0. The predicted octanol–water partition coefficient (Wildman–Crippen LogP) is 4.34. The van der Waals surface area contributed by atoms with Gasteiger partial charge < -0.3 is 14.7 Å². The van der Waals surface area contributed by atoms with Crippen molar-refractivity contribution in [2.75, 3.05) is 16.5 Å². The normalized spacial score (nSPS) is 18.2. The lowest BCUT2D eigenvalue weighted by Gasteiger charge is -2.15. The van der Waals surface area contributed by atoms with Crippen LogP contribution in [0.4, 0.5) is 24.5 Å². The van der Waals surface area contributed by atoms with Crippen molar-refractivity contribution in [2.45, 2.75) is 13.1 Å². The predicted molar refractivity (Wildman–Crippen MR) is 111 cm³/mol. The van der Waals surface area contributed by atoms with Gasteiger partial charge in [0.15, 0.2) is 11.5 Å². The average Bonchev–Trinajstić information content (AvgIpc) is 3.29. The molecule has 0 saturated carbocycles. The van der Waals surface area contributed by atoms with Gasteiger partial charge in [0.1, 0.15) is 0 Å². The van der Waals surface area contributed by atoms with Crippen LogP contribution in [0.25, 0.3) is 0 Å². The van der Waals surface area contributed by atoms with E-state index >= 15 is 0 Å². The molecule has 0 bridgehead atoms. The molecule has 10 heteroatoms. The zero-order valence-electron chi connectivity index (χ0n) is 16.6. The highest BCUT2D eigenvalue weighted by Crippen LogP contribution is 2.38. The lowest BCUT2D eigenvalue weighted by molar-refractivity contribution is -0.114. The summed E-state index contributed by atoms with van der Waals surface area (Å²) in [5.74, 6) is -1.36. The summed E-state index contributed by atoms with van der Waals surface area (Å²) in [6.45, 7) is 2.36. The number of alkyl halides is 3. The number of carboxylic acid groups (broad SMARTS) is 1. The molecule has 0 aliphatic carbocycles. The maximum Gasteiger partial charge on any atom is 0.435 e. The number of rotatable bonds is 4. The van der Waals surface area contributed by atoms with Crippen LogP contribution in [-0.4, -0.2) is 35.4 Å². The standard InChI is InChI=1S/C22H16F3N3O4/c1-2-27-16-5-3-4-6-17(16)32-18(27)12-11-15-19(22(23,24)25)26-28(20(15)29)14-9-7-13(8-10-14)21(30)31/h3-12H,2H2,1H3,(H,30,31). The molecular formula is C22H16F3N3O4. The van der Waals surface area contributed by atoms with Crippen molar-refractivity contribution in [3.05, 3.63) is 77.7 Å². The summed E-state index contributed by atoms with van der Waals surface area (Å²) in [7, 11) is 0. The Morgan fingerprint density at radius 1 is 1.12 bits per heavy atom. The summed E-state index contributed by atoms with van der Waals surface area (Å²) in [4.78, 5) is 25.6. The number of nitrogens with zero attached hydrogens (tertiary/aromatic N) is 3. The highest BCUT2D eigenvalue weighted by atomic mass is 19.4. The number of anilines is 2. The molecule has 0 unspecified atom stereocenters. The van der Waals surface area contributed by atoms with Crippen molar-refractivity contribution in [2.24, 2.45) is 5.10 Å². The van der Waals surface area contributed by atoms with Crippen molar-refractivity contribution in [1.29, 1.82) is 0 Å². The highest BCUT2D eigenvalue weighted by Gasteiger charge is 2.46. The SMILES string of the molecule is CCN1C(=CC=C2C(=O)N(c3ccc(C(=O)O)cc3)N=C2C(F)(F)F)Oc2ccccc21. The van der Waals surface area contributed by atoms with Gasteiger partial charge in [-0.25, -0.2) is 4.79 Å². The van der Waals surface area contributed by atoms with E-state index in [1.165, 1.54) is 30.3 Å². The molecule has 1 N–H and O–H groups in total. The van der Waals surface area contributed by atoms with Gasteiger partial charge in [0.2, 0.25) is 5.88 Å². The minimum absolute atomic E-state index is 0.0116. The first kappa shape index (κ1) is 21.2. The summed E-state index contributed by atoms with van der Waals surface area (Å²) in [5, 5.41) is 13.0. The molecule has 0 fully saturated rings. The van der Waals surface area contributed by atoms with Gasteiger partial charge in [-0.05, 0) is 55.5 Å². The van der Waals surface area contributed by atoms with Gasteiger partial charge in [-0.15, -0.1) is 0 Å². The molecule has 0 aromatic heterocycles. The van der Waals surface area contributed by atoms with Gasteiger partial charge in [-0.2, -0.15) is 23.3 Å². The van der Waals surface area contributed by atoms with Gasteiger partial charge in [0.05, 0.1) is 22.5 Å². The molecule has 7 nitrogen and oxygen atoms in total. The van der Waals surface area contributed by atoms with E-state index in [0.717, 1.165) is 11.8 Å². The number of allylic oxidation sites excluding steroid dienone is 2. The number of benzene rings is 2. The second-order valence-corrected chi connectivity index (χ2v) is 6.81. The Morgan fingerprint density at radius 2 is 1.81 bits per heavy atom. The average molecular weight is 443 g/mol. The van der Waals surface area contributed by atoms with Crippen molar-refractivity contribution < 1.29 is 32.6 Å². The lowest BCUT2D eigenvalue weighted by Crippen LogP contribution is -2.25. The summed E-state index contributed by atoms with van der Waals surface area (Å²) < 4.78 is 46.5. The van der Waals surface area contributed by atoms with Crippen LogP contribution in [0.15, 0.2) is 77.2 Å². The number of aromatic carboxylic acids is 1. The van der Waals surface area contributed by atoms with E-state index in [9.17, 15) is 22.8 Å². The molecule has 0 saturated heterocycles. The second-order valence-electron chi connectivity index (χ2n) is 6.81. The molecule has 2 heterocycles. The summed E-state index contributed by atoms with van der Waals surface area (Å²) >= 11 is 0. The maximum absolute atomic E-state index is 13.6. The molecule has 0 atom stereocenters. The van der Waals surface area contributed by atoms with Crippen LogP contribution in [0.2, 0.25) is 0 Å². The van der Waals surface area contributed by atoms with Crippen LogP contribution in [0.3, 0.4) is 0 Å². The number of hydrogen-bond acceptors (Lipinski definition) is 5. The van der Waals surface area contributed by atoms with Crippen LogP contribution >= 0.6 is 0 Å². The molecule has 32 heavy (non-hydrogen) atoms. The number of hydrogen-bond donors (Lipinski definition) is 1. The quantitative estimate of drug-likeness (QED) is 0.711. The fourth-order valence-corrected chi connectivity index (χ4v) is 3.35. The number of halogens is 3. The Hall–Kier alpha value is -4.08. The van der Waals surface area contributed by atoms with Crippen molar-refractivity contribution in [3.63, 3.8) is 0 Å². The number of hydrazone groups is 1. The minimum atomic E-state index is -4.88. The molecule has 2 aromatic rings. The Bertz CT molecular complexity index is 1180. The largest absolute Gasteiger partial charge is 0.478 e.